The van der Waals surface area contributed by atoms with Gasteiger partial charge in [-0.05, 0) is 44.6 Å². The molecule has 4 nitrogen and oxygen atoms in total. The maximum atomic E-state index is 6.01. The van der Waals surface area contributed by atoms with Crippen molar-refractivity contribution in [2.45, 2.75) is 44.3 Å². The first-order valence-corrected chi connectivity index (χ1v) is 10.4. The monoisotopic (exact) mass is 249 g/mol. The predicted molar refractivity (Wildman–Crippen MR) is 71.6 cm³/mol. The zero-order chi connectivity index (χ0) is 11.5. The Kier molecular flexibility index (Phi) is 11.0. The van der Waals surface area contributed by atoms with E-state index in [0.29, 0.717) is 0 Å². The van der Waals surface area contributed by atoms with E-state index in [2.05, 4.69) is 6.55 Å². The molecule has 6 heteroatoms. The second-order valence-electron chi connectivity index (χ2n) is 4.05. The zero-order valence-corrected chi connectivity index (χ0v) is 12.3. The molecule has 0 amide bonds. The van der Waals surface area contributed by atoms with Crippen LogP contribution in [0.15, 0.2) is 0 Å². The van der Waals surface area contributed by atoms with Crippen molar-refractivity contribution in [3.8, 4) is 0 Å². The Labute approximate surface area is 97.1 Å². The molecule has 2 atom stereocenters. The SMILES string of the molecule is C[SiH](CCCCN)O[SiH](N)CCCCN. The fourth-order valence-corrected chi connectivity index (χ4v) is 6.53. The van der Waals surface area contributed by atoms with Gasteiger partial charge in [0, 0.05) is 0 Å². The van der Waals surface area contributed by atoms with E-state index in [0.717, 1.165) is 38.4 Å². The van der Waals surface area contributed by atoms with Crippen molar-refractivity contribution in [2.24, 2.45) is 16.9 Å². The van der Waals surface area contributed by atoms with Gasteiger partial charge in [0.1, 0.15) is 0 Å². The number of hydrogen-bond donors (Lipinski definition) is 3. The molecule has 0 rings (SSSR count). The molecule has 0 aromatic heterocycles. The van der Waals surface area contributed by atoms with Gasteiger partial charge in [0.05, 0.1) is 0 Å². The van der Waals surface area contributed by atoms with Crippen LogP contribution < -0.4 is 16.9 Å². The van der Waals surface area contributed by atoms with Gasteiger partial charge in [-0.15, -0.1) is 0 Å². The fraction of sp³-hybridized carbons (Fsp3) is 1.00. The summed E-state index contributed by atoms with van der Waals surface area (Å²) in [6, 6.07) is 2.29. The van der Waals surface area contributed by atoms with Crippen LogP contribution in [0.2, 0.25) is 18.6 Å². The van der Waals surface area contributed by atoms with Gasteiger partial charge in [0.15, 0.2) is 9.04 Å². The summed E-state index contributed by atoms with van der Waals surface area (Å²) in [7, 11) is -2.36. The molecule has 0 saturated carbocycles. The lowest BCUT2D eigenvalue weighted by Crippen LogP contribution is -2.35. The molecule has 0 aliphatic carbocycles. The summed E-state index contributed by atoms with van der Waals surface area (Å²) in [5.41, 5.74) is 10.9. The second kappa shape index (κ2) is 10.8. The summed E-state index contributed by atoms with van der Waals surface area (Å²) in [4.78, 5) is 0. The van der Waals surface area contributed by atoms with Gasteiger partial charge >= 0.3 is 0 Å². The maximum Gasteiger partial charge on any atom is 0.238 e. The molecule has 0 fully saturated rings. The van der Waals surface area contributed by atoms with Gasteiger partial charge in [-0.3, -0.25) is 0 Å². The molecule has 6 N–H and O–H groups in total. The number of rotatable bonds is 10. The first kappa shape index (κ1) is 15.3. The molecule has 0 spiro atoms. The van der Waals surface area contributed by atoms with Gasteiger partial charge in [-0.2, -0.15) is 0 Å². The van der Waals surface area contributed by atoms with Gasteiger partial charge < -0.3 is 21.0 Å². The lowest BCUT2D eigenvalue weighted by atomic mass is 10.3. The average Bonchev–Trinajstić information content (AvgIpc) is 2.18. The first-order chi connectivity index (χ1) is 7.20. The third-order valence-corrected chi connectivity index (χ3v) is 7.87. The predicted octanol–water partition coefficient (Wildman–Crippen LogP) is 0.0136. The first-order valence-electron chi connectivity index (χ1n) is 6.02. The normalized spacial score (nSPS) is 15.2. The number of nitrogens with two attached hydrogens (primary N) is 3. The molecule has 0 radical (unpaired) electrons. The van der Waals surface area contributed by atoms with Crippen molar-refractivity contribution in [1.82, 2.24) is 0 Å². The van der Waals surface area contributed by atoms with Crippen LogP contribution >= 0.6 is 0 Å². The zero-order valence-electron chi connectivity index (χ0n) is 9.95. The minimum Gasteiger partial charge on any atom is -0.449 e. The maximum absolute atomic E-state index is 6.01. The van der Waals surface area contributed by atoms with Crippen LogP contribution in [0.25, 0.3) is 0 Å². The summed E-state index contributed by atoms with van der Waals surface area (Å²) < 4.78 is 5.92. The van der Waals surface area contributed by atoms with Crippen molar-refractivity contribution < 1.29 is 4.12 Å². The average molecular weight is 250 g/mol. The van der Waals surface area contributed by atoms with Crippen molar-refractivity contribution in [3.63, 3.8) is 0 Å². The molecule has 0 aromatic rings. The highest BCUT2D eigenvalue weighted by Gasteiger charge is 2.11. The van der Waals surface area contributed by atoms with E-state index in [4.69, 9.17) is 21.0 Å². The van der Waals surface area contributed by atoms with E-state index in [1.165, 1.54) is 12.5 Å². The number of hydrogen-bond acceptors (Lipinski definition) is 4. The van der Waals surface area contributed by atoms with Crippen LogP contribution in [0, 0.1) is 0 Å². The van der Waals surface area contributed by atoms with Crippen LogP contribution in [0.3, 0.4) is 0 Å². The Morgan fingerprint density at radius 2 is 1.47 bits per heavy atom. The molecule has 0 aliphatic heterocycles. The molecule has 2 unspecified atom stereocenters. The molecule has 92 valence electrons. The minimum atomic E-state index is -1.37. The van der Waals surface area contributed by atoms with E-state index < -0.39 is 18.2 Å². The molecule has 0 heterocycles. The molecule has 0 saturated heterocycles. The Morgan fingerprint density at radius 3 is 2.00 bits per heavy atom. The number of unbranched alkanes of at least 4 members (excludes halogenated alkanes) is 2. The van der Waals surface area contributed by atoms with Crippen molar-refractivity contribution in [2.75, 3.05) is 13.1 Å². The van der Waals surface area contributed by atoms with Crippen molar-refractivity contribution in [1.29, 1.82) is 0 Å². The van der Waals surface area contributed by atoms with Crippen LogP contribution in [-0.2, 0) is 4.12 Å². The second-order valence-corrected chi connectivity index (χ2v) is 9.00. The molecule has 0 bridgehead atoms. The van der Waals surface area contributed by atoms with Crippen LogP contribution in [0.5, 0.6) is 0 Å². The Balaban J connectivity index is 3.35. The van der Waals surface area contributed by atoms with E-state index >= 15 is 0 Å². The third kappa shape index (κ3) is 10.6. The van der Waals surface area contributed by atoms with E-state index in [1.54, 1.807) is 0 Å². The summed E-state index contributed by atoms with van der Waals surface area (Å²) in [5, 5.41) is 6.01. The molecule has 15 heavy (non-hydrogen) atoms. The Bertz CT molecular complexity index is 127. The van der Waals surface area contributed by atoms with E-state index in [9.17, 15) is 0 Å². The van der Waals surface area contributed by atoms with E-state index in [1.807, 2.05) is 0 Å². The standard InChI is InChI=1S/C9H27N3OSi2/c1-14(8-4-2-6-10)13-15(12)9-5-3-7-11/h14-15H,2-12H2,1H3. The van der Waals surface area contributed by atoms with Crippen molar-refractivity contribution in [3.05, 3.63) is 0 Å². The van der Waals surface area contributed by atoms with Gasteiger partial charge in [0.2, 0.25) is 9.20 Å². The summed E-state index contributed by atoms with van der Waals surface area (Å²) in [5.74, 6) is 0. The highest BCUT2D eigenvalue weighted by atomic mass is 28.4. The summed E-state index contributed by atoms with van der Waals surface area (Å²) in [6.07, 6.45) is 4.53. The highest BCUT2D eigenvalue weighted by Crippen LogP contribution is 2.05. The largest absolute Gasteiger partial charge is 0.449 e. The van der Waals surface area contributed by atoms with Crippen LogP contribution in [0.4, 0.5) is 0 Å². The van der Waals surface area contributed by atoms with E-state index in [-0.39, 0.29) is 0 Å². The van der Waals surface area contributed by atoms with Gasteiger partial charge in [0.25, 0.3) is 0 Å². The highest BCUT2D eigenvalue weighted by molar-refractivity contribution is 6.63. The lowest BCUT2D eigenvalue weighted by Gasteiger charge is -2.16. The van der Waals surface area contributed by atoms with Crippen LogP contribution in [0.1, 0.15) is 25.7 Å². The minimum absolute atomic E-state index is 0.768. The quantitative estimate of drug-likeness (QED) is 0.376. The topological polar surface area (TPSA) is 87.3 Å². The lowest BCUT2D eigenvalue weighted by molar-refractivity contribution is 0.569. The summed E-state index contributed by atoms with van der Waals surface area (Å²) >= 11 is 0. The fourth-order valence-electron chi connectivity index (χ4n) is 1.50. The molecular formula is C9H27N3OSi2. The summed E-state index contributed by atoms with van der Waals surface area (Å²) in [6.45, 7) is 3.80. The molecule has 0 aromatic carbocycles. The molecular weight excluding hydrogens is 222 g/mol. The third-order valence-electron chi connectivity index (χ3n) is 2.41. The molecule has 0 aliphatic rings. The Hall–Kier alpha value is 0.274. The smallest absolute Gasteiger partial charge is 0.238 e. The van der Waals surface area contributed by atoms with Gasteiger partial charge in [-0.25, -0.2) is 0 Å². The van der Waals surface area contributed by atoms with Crippen LogP contribution in [-0.4, -0.2) is 31.3 Å². The van der Waals surface area contributed by atoms with Gasteiger partial charge in [-0.1, -0.05) is 12.8 Å². The van der Waals surface area contributed by atoms with Crippen molar-refractivity contribution >= 4 is 18.2 Å². The Morgan fingerprint density at radius 1 is 0.933 bits per heavy atom.